The first-order valence-electron chi connectivity index (χ1n) is 8.51. The third-order valence-corrected chi connectivity index (χ3v) is 7.65. The lowest BCUT2D eigenvalue weighted by atomic mass is 9.49. The van der Waals surface area contributed by atoms with Gasteiger partial charge in [-0.05, 0) is 61.7 Å². The monoisotopic (exact) mass is 349 g/mol. The molecule has 4 nitrogen and oxygen atoms in total. The van der Waals surface area contributed by atoms with Gasteiger partial charge < -0.3 is 5.32 Å². The van der Waals surface area contributed by atoms with Crippen LogP contribution in [0.3, 0.4) is 0 Å². The highest BCUT2D eigenvalue weighted by Crippen LogP contribution is 2.61. The third kappa shape index (κ3) is 3.33. The smallest absolute Gasteiger partial charge is 0.226 e. The fraction of sp³-hybridized carbons (Fsp3) is 0.706. The quantitative estimate of drug-likeness (QED) is 0.471. The average Bonchev–Trinajstić information content (AvgIpc) is 2.90. The van der Waals surface area contributed by atoms with Gasteiger partial charge in [0.2, 0.25) is 11.0 Å². The molecule has 0 aliphatic heterocycles. The molecule has 1 aromatic heterocycles. The molecule has 0 atom stereocenters. The summed E-state index contributed by atoms with van der Waals surface area (Å²) in [7, 11) is 0. The van der Waals surface area contributed by atoms with E-state index in [1.807, 2.05) is 6.08 Å². The van der Waals surface area contributed by atoms with Crippen LogP contribution in [0.15, 0.2) is 17.0 Å². The number of nitrogens with zero attached hydrogens (tertiary/aromatic N) is 2. The lowest BCUT2D eigenvalue weighted by Gasteiger charge is -2.56. The largest absolute Gasteiger partial charge is 0.300 e. The first-order valence-corrected chi connectivity index (χ1v) is 10.3. The maximum atomic E-state index is 12.5. The predicted molar refractivity (Wildman–Crippen MR) is 94.7 cm³/mol. The van der Waals surface area contributed by atoms with Crippen molar-refractivity contribution in [3.05, 3.63) is 12.7 Å². The molecule has 0 radical (unpaired) electrons. The van der Waals surface area contributed by atoms with Crippen LogP contribution < -0.4 is 5.32 Å². The number of rotatable bonds is 6. The highest BCUT2D eigenvalue weighted by molar-refractivity contribution is 8.01. The van der Waals surface area contributed by atoms with E-state index in [1.165, 1.54) is 49.9 Å². The molecule has 4 saturated carbocycles. The number of hydrogen-bond donors (Lipinski definition) is 1. The van der Waals surface area contributed by atoms with Crippen molar-refractivity contribution in [2.24, 2.45) is 23.2 Å². The van der Waals surface area contributed by atoms with Gasteiger partial charge in [-0.1, -0.05) is 29.2 Å². The van der Waals surface area contributed by atoms with Gasteiger partial charge in [-0.2, -0.15) is 0 Å². The molecule has 4 aliphatic carbocycles. The van der Waals surface area contributed by atoms with Crippen molar-refractivity contribution in [2.45, 2.75) is 49.3 Å². The van der Waals surface area contributed by atoms with Crippen LogP contribution in [0, 0.1) is 23.2 Å². The van der Waals surface area contributed by atoms with E-state index in [4.69, 9.17) is 0 Å². The predicted octanol–water partition coefficient (Wildman–Crippen LogP) is 4.36. The highest BCUT2D eigenvalue weighted by Gasteiger charge is 2.51. The van der Waals surface area contributed by atoms with E-state index in [1.54, 1.807) is 11.8 Å². The van der Waals surface area contributed by atoms with Crippen LogP contribution in [0.5, 0.6) is 0 Å². The zero-order valence-corrected chi connectivity index (χ0v) is 14.9. The normalized spacial score (nSPS) is 34.5. The van der Waals surface area contributed by atoms with Crippen molar-refractivity contribution in [1.82, 2.24) is 10.2 Å². The lowest BCUT2D eigenvalue weighted by molar-refractivity contribution is -0.124. The Kier molecular flexibility index (Phi) is 4.22. The van der Waals surface area contributed by atoms with E-state index in [9.17, 15) is 4.79 Å². The molecule has 1 aromatic rings. The van der Waals surface area contributed by atoms with Gasteiger partial charge in [0.05, 0.1) is 0 Å². The maximum absolute atomic E-state index is 12.5. The molecule has 4 aliphatic rings. The summed E-state index contributed by atoms with van der Waals surface area (Å²) in [6.45, 7) is 3.70. The minimum Gasteiger partial charge on any atom is -0.300 e. The van der Waals surface area contributed by atoms with Gasteiger partial charge in [0.1, 0.15) is 0 Å². The number of thioether (sulfide) groups is 1. The lowest BCUT2D eigenvalue weighted by Crippen LogP contribution is -2.47. The molecule has 0 unspecified atom stereocenters. The van der Waals surface area contributed by atoms with Crippen LogP contribution in [0.1, 0.15) is 44.9 Å². The summed E-state index contributed by atoms with van der Waals surface area (Å²) in [5, 5.41) is 11.8. The van der Waals surface area contributed by atoms with E-state index in [-0.39, 0.29) is 11.3 Å². The molecule has 4 fully saturated rings. The molecule has 124 valence electrons. The highest BCUT2D eigenvalue weighted by atomic mass is 32.2. The molecule has 6 heteroatoms. The van der Waals surface area contributed by atoms with Crippen molar-refractivity contribution in [1.29, 1.82) is 0 Å². The van der Waals surface area contributed by atoms with Gasteiger partial charge in [0, 0.05) is 12.2 Å². The second-order valence-corrected chi connectivity index (χ2v) is 9.86. The standard InChI is InChI=1S/C17H23N3OS2/c1-2-3-22-16-20-19-15(23-16)18-14(21)10-17-7-11-4-12(8-17)6-13(5-11)9-17/h2,11-13H,1,3-10H2,(H,18,19,21). The van der Waals surface area contributed by atoms with Crippen LogP contribution in [0.4, 0.5) is 5.13 Å². The fourth-order valence-corrected chi connectivity index (χ4v) is 6.99. The zero-order valence-electron chi connectivity index (χ0n) is 13.3. The summed E-state index contributed by atoms with van der Waals surface area (Å²) in [6.07, 6.45) is 10.6. The molecule has 4 bridgehead atoms. The van der Waals surface area contributed by atoms with Gasteiger partial charge in [-0.25, -0.2) is 0 Å². The Hall–Kier alpha value is -0.880. The number of carbonyl (C=O) groups is 1. The van der Waals surface area contributed by atoms with Crippen LogP contribution in [-0.2, 0) is 4.79 Å². The van der Waals surface area contributed by atoms with Gasteiger partial charge in [0.15, 0.2) is 4.34 Å². The van der Waals surface area contributed by atoms with E-state index in [0.29, 0.717) is 11.6 Å². The number of amides is 1. The molecule has 0 spiro atoms. The maximum Gasteiger partial charge on any atom is 0.226 e. The van der Waals surface area contributed by atoms with Crippen molar-refractivity contribution in [3.8, 4) is 0 Å². The molecule has 1 heterocycles. The Labute approximate surface area is 145 Å². The van der Waals surface area contributed by atoms with Crippen molar-refractivity contribution < 1.29 is 4.79 Å². The van der Waals surface area contributed by atoms with Crippen molar-refractivity contribution >= 4 is 34.1 Å². The Bertz CT molecular complexity index is 577. The second kappa shape index (κ2) is 6.20. The minimum atomic E-state index is 0.128. The van der Waals surface area contributed by atoms with Gasteiger partial charge >= 0.3 is 0 Å². The van der Waals surface area contributed by atoms with Gasteiger partial charge in [0.25, 0.3) is 0 Å². The van der Waals surface area contributed by atoms with Gasteiger partial charge in [-0.3, -0.25) is 4.79 Å². The van der Waals surface area contributed by atoms with E-state index >= 15 is 0 Å². The molecule has 0 saturated heterocycles. The zero-order chi connectivity index (χ0) is 15.9. The number of aromatic nitrogens is 2. The SMILES string of the molecule is C=CCSc1nnc(NC(=O)CC23CC4CC(CC(C4)C2)C3)s1. The van der Waals surface area contributed by atoms with Gasteiger partial charge in [-0.15, -0.1) is 16.8 Å². The van der Waals surface area contributed by atoms with Crippen LogP contribution >= 0.6 is 23.1 Å². The summed E-state index contributed by atoms with van der Waals surface area (Å²) in [5.74, 6) is 3.60. The van der Waals surface area contributed by atoms with Crippen LogP contribution in [0.2, 0.25) is 0 Å². The Morgan fingerprint density at radius 3 is 2.52 bits per heavy atom. The minimum absolute atomic E-state index is 0.128. The number of carbonyl (C=O) groups excluding carboxylic acids is 1. The Morgan fingerprint density at radius 1 is 1.26 bits per heavy atom. The Balaban J connectivity index is 1.36. The number of hydrogen-bond acceptors (Lipinski definition) is 5. The molecular weight excluding hydrogens is 326 g/mol. The third-order valence-electron chi connectivity index (χ3n) is 5.68. The summed E-state index contributed by atoms with van der Waals surface area (Å²) < 4.78 is 0.884. The fourth-order valence-electron chi connectivity index (χ4n) is 5.46. The molecule has 1 N–H and O–H groups in total. The summed E-state index contributed by atoms with van der Waals surface area (Å²) in [5.41, 5.74) is 0.282. The second-order valence-electron chi connectivity index (χ2n) is 7.62. The molecule has 1 amide bonds. The summed E-state index contributed by atoms with van der Waals surface area (Å²) in [4.78, 5) is 12.5. The van der Waals surface area contributed by atoms with Crippen LogP contribution in [-0.4, -0.2) is 21.9 Å². The number of anilines is 1. The van der Waals surface area contributed by atoms with E-state index in [2.05, 4.69) is 22.1 Å². The topological polar surface area (TPSA) is 54.9 Å². The van der Waals surface area contributed by atoms with Crippen molar-refractivity contribution in [3.63, 3.8) is 0 Å². The molecular formula is C17H23N3OS2. The first-order chi connectivity index (χ1) is 11.1. The number of nitrogens with one attached hydrogen (secondary N) is 1. The van der Waals surface area contributed by atoms with E-state index < -0.39 is 0 Å². The Morgan fingerprint density at radius 2 is 1.91 bits per heavy atom. The summed E-state index contributed by atoms with van der Waals surface area (Å²) in [6, 6.07) is 0. The molecule has 5 rings (SSSR count). The average molecular weight is 350 g/mol. The molecule has 0 aromatic carbocycles. The molecule has 23 heavy (non-hydrogen) atoms. The first kappa shape index (κ1) is 15.6. The van der Waals surface area contributed by atoms with Crippen LogP contribution in [0.25, 0.3) is 0 Å². The van der Waals surface area contributed by atoms with E-state index in [0.717, 1.165) is 27.8 Å². The van der Waals surface area contributed by atoms with Crippen molar-refractivity contribution in [2.75, 3.05) is 11.1 Å². The summed E-state index contributed by atoms with van der Waals surface area (Å²) >= 11 is 3.05.